The Bertz CT molecular complexity index is 484. The highest BCUT2D eigenvalue weighted by molar-refractivity contribution is 7.15. The Hall–Kier alpha value is -1.28. The predicted octanol–water partition coefficient (Wildman–Crippen LogP) is 5.33. The van der Waals surface area contributed by atoms with Gasteiger partial charge in [-0.05, 0) is 54.3 Å². The number of hydrogen-bond donors (Lipinski definition) is 0. The van der Waals surface area contributed by atoms with Gasteiger partial charge in [-0.25, -0.2) is 0 Å². The second-order valence-corrected chi connectivity index (χ2v) is 5.74. The van der Waals surface area contributed by atoms with E-state index in [4.69, 9.17) is 4.74 Å². The van der Waals surface area contributed by atoms with Crippen LogP contribution in [0.3, 0.4) is 0 Å². The summed E-state index contributed by atoms with van der Waals surface area (Å²) in [5.41, 5.74) is 1.27. The largest absolute Gasteiger partial charge is 0.497 e. The van der Waals surface area contributed by atoms with E-state index in [-0.39, 0.29) is 0 Å². The molecule has 0 spiro atoms. The fourth-order valence-electron chi connectivity index (χ4n) is 2.10. The van der Waals surface area contributed by atoms with E-state index in [1.54, 1.807) is 7.11 Å². The van der Waals surface area contributed by atoms with Gasteiger partial charge in [-0.15, -0.1) is 11.3 Å². The Labute approximate surface area is 113 Å². The van der Waals surface area contributed by atoms with Crippen molar-refractivity contribution in [3.8, 4) is 16.2 Å². The zero-order valence-electron chi connectivity index (χ0n) is 11.3. The van der Waals surface area contributed by atoms with Crippen LogP contribution < -0.4 is 4.74 Å². The molecule has 96 valence electrons. The molecule has 1 nitrogen and oxygen atoms in total. The van der Waals surface area contributed by atoms with Gasteiger partial charge in [-0.1, -0.05) is 20.3 Å². The van der Waals surface area contributed by atoms with Crippen molar-refractivity contribution in [2.75, 3.05) is 7.11 Å². The minimum atomic E-state index is 0.673. The Morgan fingerprint density at radius 2 is 1.83 bits per heavy atom. The summed E-state index contributed by atoms with van der Waals surface area (Å²) in [5, 5.41) is 0. The fourth-order valence-corrected chi connectivity index (χ4v) is 3.20. The topological polar surface area (TPSA) is 9.23 Å². The van der Waals surface area contributed by atoms with Crippen molar-refractivity contribution in [1.82, 2.24) is 0 Å². The maximum atomic E-state index is 5.18. The quantitative estimate of drug-likeness (QED) is 0.706. The van der Waals surface area contributed by atoms with E-state index in [0.29, 0.717) is 5.92 Å². The molecule has 0 aliphatic heterocycles. The summed E-state index contributed by atoms with van der Waals surface area (Å²) in [4.78, 5) is 2.83. The van der Waals surface area contributed by atoms with Crippen molar-refractivity contribution in [3.05, 3.63) is 41.3 Å². The van der Waals surface area contributed by atoms with E-state index in [9.17, 15) is 0 Å². The van der Waals surface area contributed by atoms with Gasteiger partial charge in [-0.2, -0.15) is 0 Å². The molecule has 1 unspecified atom stereocenters. The van der Waals surface area contributed by atoms with Crippen LogP contribution in [-0.2, 0) is 0 Å². The van der Waals surface area contributed by atoms with Crippen LogP contribution in [0.2, 0.25) is 0 Å². The number of hydrogen-bond acceptors (Lipinski definition) is 2. The van der Waals surface area contributed by atoms with Crippen molar-refractivity contribution in [2.45, 2.75) is 32.6 Å². The van der Waals surface area contributed by atoms with Crippen LogP contribution in [0, 0.1) is 0 Å². The molecular formula is C16H20OS. The molecule has 0 fully saturated rings. The maximum Gasteiger partial charge on any atom is 0.118 e. The van der Waals surface area contributed by atoms with E-state index in [0.717, 1.165) is 5.75 Å². The van der Waals surface area contributed by atoms with Gasteiger partial charge in [0, 0.05) is 9.75 Å². The first-order chi connectivity index (χ1) is 8.74. The zero-order chi connectivity index (χ0) is 13.0. The summed E-state index contributed by atoms with van der Waals surface area (Å²) < 4.78 is 5.18. The van der Waals surface area contributed by atoms with Gasteiger partial charge in [0.05, 0.1) is 7.11 Å². The molecule has 0 saturated heterocycles. The van der Waals surface area contributed by atoms with Crippen molar-refractivity contribution in [3.63, 3.8) is 0 Å². The lowest BCUT2D eigenvalue weighted by molar-refractivity contribution is 0.415. The smallest absolute Gasteiger partial charge is 0.118 e. The fraction of sp³-hybridized carbons (Fsp3) is 0.375. The molecule has 1 aromatic heterocycles. The molecule has 1 atom stereocenters. The molecule has 1 aromatic carbocycles. The van der Waals surface area contributed by atoms with E-state index >= 15 is 0 Å². The van der Waals surface area contributed by atoms with Crippen LogP contribution in [0.4, 0.5) is 0 Å². The number of benzene rings is 1. The Kier molecular flexibility index (Phi) is 4.43. The van der Waals surface area contributed by atoms with Crippen LogP contribution in [0.5, 0.6) is 5.75 Å². The SMILES string of the molecule is CCCC(C)c1ccc(-c2ccc(OC)cc2)s1. The summed E-state index contributed by atoms with van der Waals surface area (Å²) in [6.45, 7) is 4.56. The van der Waals surface area contributed by atoms with E-state index in [1.165, 1.54) is 28.2 Å². The average Bonchev–Trinajstić information content (AvgIpc) is 2.89. The van der Waals surface area contributed by atoms with Crippen molar-refractivity contribution >= 4 is 11.3 Å². The maximum absolute atomic E-state index is 5.18. The van der Waals surface area contributed by atoms with Gasteiger partial charge in [0.2, 0.25) is 0 Å². The van der Waals surface area contributed by atoms with Gasteiger partial charge in [0.1, 0.15) is 5.75 Å². The molecule has 0 bridgehead atoms. The highest BCUT2D eigenvalue weighted by Gasteiger charge is 2.09. The average molecular weight is 260 g/mol. The lowest BCUT2D eigenvalue weighted by Gasteiger charge is -2.06. The number of methoxy groups -OCH3 is 1. The van der Waals surface area contributed by atoms with E-state index in [2.05, 4.69) is 38.1 Å². The molecule has 1 heterocycles. The van der Waals surface area contributed by atoms with Crippen molar-refractivity contribution in [2.24, 2.45) is 0 Å². The minimum Gasteiger partial charge on any atom is -0.497 e. The molecule has 0 aliphatic carbocycles. The molecule has 0 radical (unpaired) electrons. The molecule has 0 aliphatic rings. The van der Waals surface area contributed by atoms with E-state index < -0.39 is 0 Å². The molecule has 18 heavy (non-hydrogen) atoms. The summed E-state index contributed by atoms with van der Waals surface area (Å²) in [7, 11) is 1.70. The second kappa shape index (κ2) is 6.05. The van der Waals surface area contributed by atoms with Gasteiger partial charge >= 0.3 is 0 Å². The summed E-state index contributed by atoms with van der Waals surface area (Å²) >= 11 is 1.91. The monoisotopic (exact) mass is 260 g/mol. The van der Waals surface area contributed by atoms with Crippen molar-refractivity contribution in [1.29, 1.82) is 0 Å². The predicted molar refractivity (Wildman–Crippen MR) is 79.6 cm³/mol. The summed E-state index contributed by atoms with van der Waals surface area (Å²) in [6.07, 6.45) is 2.51. The summed E-state index contributed by atoms with van der Waals surface area (Å²) in [6, 6.07) is 12.8. The third-order valence-electron chi connectivity index (χ3n) is 3.21. The molecule has 2 aromatic rings. The molecule has 0 saturated carbocycles. The number of ether oxygens (including phenoxy) is 1. The normalized spacial score (nSPS) is 12.4. The first-order valence-electron chi connectivity index (χ1n) is 6.48. The van der Waals surface area contributed by atoms with Gasteiger partial charge in [0.25, 0.3) is 0 Å². The van der Waals surface area contributed by atoms with E-state index in [1.807, 2.05) is 23.5 Å². The molecule has 2 rings (SSSR count). The third-order valence-corrected chi connectivity index (χ3v) is 4.57. The standard InChI is InChI=1S/C16H20OS/c1-4-5-12(2)15-10-11-16(18-15)13-6-8-14(17-3)9-7-13/h6-12H,4-5H2,1-3H3. The third kappa shape index (κ3) is 2.94. The minimum absolute atomic E-state index is 0.673. The van der Waals surface area contributed by atoms with Crippen LogP contribution >= 0.6 is 11.3 Å². The summed E-state index contributed by atoms with van der Waals surface area (Å²) in [5.74, 6) is 1.59. The second-order valence-electron chi connectivity index (χ2n) is 4.62. The number of thiophene rings is 1. The van der Waals surface area contributed by atoms with Crippen LogP contribution in [0.25, 0.3) is 10.4 Å². The van der Waals surface area contributed by atoms with Crippen LogP contribution in [0.15, 0.2) is 36.4 Å². The first-order valence-corrected chi connectivity index (χ1v) is 7.30. The highest BCUT2D eigenvalue weighted by Crippen LogP contribution is 2.34. The lowest BCUT2D eigenvalue weighted by Crippen LogP contribution is -1.87. The van der Waals surface area contributed by atoms with Gasteiger partial charge in [-0.3, -0.25) is 0 Å². The first kappa shape index (κ1) is 13.2. The van der Waals surface area contributed by atoms with Crippen molar-refractivity contribution < 1.29 is 4.74 Å². The molecular weight excluding hydrogens is 240 g/mol. The molecule has 0 N–H and O–H groups in total. The Balaban J connectivity index is 2.18. The van der Waals surface area contributed by atoms with Crippen LogP contribution in [-0.4, -0.2) is 7.11 Å². The number of rotatable bonds is 5. The highest BCUT2D eigenvalue weighted by atomic mass is 32.1. The van der Waals surface area contributed by atoms with Crippen LogP contribution in [0.1, 0.15) is 37.5 Å². The Morgan fingerprint density at radius 1 is 1.11 bits per heavy atom. The van der Waals surface area contributed by atoms with Gasteiger partial charge in [0.15, 0.2) is 0 Å². The lowest BCUT2D eigenvalue weighted by atomic mass is 10.0. The molecule has 0 amide bonds. The zero-order valence-corrected chi connectivity index (χ0v) is 12.1. The molecule has 2 heteroatoms. The van der Waals surface area contributed by atoms with Gasteiger partial charge < -0.3 is 4.74 Å². The Morgan fingerprint density at radius 3 is 2.44 bits per heavy atom.